The van der Waals surface area contributed by atoms with Crippen molar-refractivity contribution in [2.75, 3.05) is 0 Å². The summed E-state index contributed by atoms with van der Waals surface area (Å²) in [4.78, 5) is 17.7. The van der Waals surface area contributed by atoms with Gasteiger partial charge in [0.25, 0.3) is 0 Å². The number of fused-ring (bicyclic) bond motifs is 1. The third-order valence-corrected chi connectivity index (χ3v) is 4.28. The molecular formula is C14H15NO3. The number of allylic oxidation sites excluding steroid dienone is 2. The van der Waals surface area contributed by atoms with Crippen LogP contribution >= 0.6 is 0 Å². The highest BCUT2D eigenvalue weighted by Gasteiger charge is 2.57. The second-order valence-corrected chi connectivity index (χ2v) is 5.24. The fourth-order valence-corrected chi connectivity index (χ4v) is 3.52. The lowest BCUT2D eigenvalue weighted by molar-refractivity contribution is -0.239. The summed E-state index contributed by atoms with van der Waals surface area (Å²) in [5.41, 5.74) is 0.548. The smallest absolute Gasteiger partial charge is 0.331 e. The fourth-order valence-electron chi connectivity index (χ4n) is 3.52. The van der Waals surface area contributed by atoms with Gasteiger partial charge in [0.05, 0.1) is 0 Å². The Morgan fingerprint density at radius 2 is 2.28 bits per heavy atom. The summed E-state index contributed by atoms with van der Waals surface area (Å²) >= 11 is 0. The molecule has 4 heteroatoms. The predicted molar refractivity (Wildman–Crippen MR) is 64.2 cm³/mol. The maximum absolute atomic E-state index is 11.7. The average Bonchev–Trinajstić information content (AvgIpc) is 2.68. The summed E-state index contributed by atoms with van der Waals surface area (Å²) in [6, 6.07) is 0.122. The van der Waals surface area contributed by atoms with E-state index in [0.29, 0.717) is 0 Å². The van der Waals surface area contributed by atoms with Crippen LogP contribution in [0.15, 0.2) is 36.1 Å². The SMILES string of the molecule is O=C1C=C2C3C=CCCC2(O1)C1CCC=CN1O3. The van der Waals surface area contributed by atoms with Crippen LogP contribution in [0.1, 0.15) is 25.7 Å². The Bertz CT molecular complexity index is 493. The summed E-state index contributed by atoms with van der Waals surface area (Å²) in [7, 11) is 0. The van der Waals surface area contributed by atoms with Gasteiger partial charge in [-0.2, -0.15) is 0 Å². The van der Waals surface area contributed by atoms with Gasteiger partial charge in [0.1, 0.15) is 12.1 Å². The largest absolute Gasteiger partial charge is 0.449 e. The highest BCUT2D eigenvalue weighted by Crippen LogP contribution is 2.48. The molecule has 0 N–H and O–H groups in total. The minimum Gasteiger partial charge on any atom is -0.449 e. The van der Waals surface area contributed by atoms with Gasteiger partial charge < -0.3 is 4.74 Å². The molecule has 4 rings (SSSR count). The average molecular weight is 245 g/mol. The normalized spacial score (nSPS) is 40.8. The van der Waals surface area contributed by atoms with Gasteiger partial charge in [-0.25, -0.2) is 4.79 Å². The van der Waals surface area contributed by atoms with Crippen molar-refractivity contribution in [1.82, 2.24) is 5.06 Å². The maximum Gasteiger partial charge on any atom is 0.331 e. The van der Waals surface area contributed by atoms with E-state index in [0.717, 1.165) is 31.3 Å². The van der Waals surface area contributed by atoms with E-state index in [1.165, 1.54) is 0 Å². The van der Waals surface area contributed by atoms with Crippen molar-refractivity contribution in [3.05, 3.63) is 36.1 Å². The third-order valence-electron chi connectivity index (χ3n) is 4.28. The summed E-state index contributed by atoms with van der Waals surface area (Å²) in [6.45, 7) is 0. The minimum atomic E-state index is -0.464. The Morgan fingerprint density at radius 3 is 3.22 bits per heavy atom. The van der Waals surface area contributed by atoms with Crippen LogP contribution in [0.4, 0.5) is 0 Å². The van der Waals surface area contributed by atoms with Gasteiger partial charge in [-0.1, -0.05) is 18.2 Å². The van der Waals surface area contributed by atoms with Gasteiger partial charge in [-0.05, 0) is 25.7 Å². The molecule has 0 radical (unpaired) electrons. The molecule has 1 fully saturated rings. The standard InChI is InChI=1S/C14H15NO3/c16-13-9-10-11-5-1-3-7-14(10,17-13)12-6-2-4-8-15(12)18-11/h1,4-5,8-9,11-12H,2-3,6-7H2. The molecule has 0 aromatic heterocycles. The molecule has 4 aliphatic rings. The number of carbonyl (C=O) groups excluding carboxylic acids is 1. The first-order valence-corrected chi connectivity index (χ1v) is 6.53. The van der Waals surface area contributed by atoms with Crippen LogP contribution in [0.2, 0.25) is 0 Å². The lowest BCUT2D eigenvalue weighted by atomic mass is 9.78. The van der Waals surface area contributed by atoms with E-state index < -0.39 is 5.60 Å². The van der Waals surface area contributed by atoms with Crippen molar-refractivity contribution >= 4 is 5.97 Å². The molecule has 0 spiro atoms. The number of carbonyl (C=O) groups is 1. The van der Waals surface area contributed by atoms with Crippen molar-refractivity contribution in [3.8, 4) is 0 Å². The van der Waals surface area contributed by atoms with Gasteiger partial charge in [-0.3, -0.25) is 9.90 Å². The molecule has 0 amide bonds. The van der Waals surface area contributed by atoms with Crippen LogP contribution in [0, 0.1) is 0 Å². The number of hydrogen-bond donors (Lipinski definition) is 0. The monoisotopic (exact) mass is 245 g/mol. The van der Waals surface area contributed by atoms with Gasteiger partial charge >= 0.3 is 5.97 Å². The van der Waals surface area contributed by atoms with E-state index in [-0.39, 0.29) is 18.1 Å². The van der Waals surface area contributed by atoms with Gasteiger partial charge in [-0.15, -0.1) is 0 Å². The Balaban J connectivity index is 1.86. The minimum absolute atomic E-state index is 0.122. The van der Waals surface area contributed by atoms with Crippen molar-refractivity contribution < 1.29 is 14.4 Å². The number of hydrogen-bond acceptors (Lipinski definition) is 4. The lowest BCUT2D eigenvalue weighted by Gasteiger charge is -2.49. The number of rotatable bonds is 0. The Labute approximate surface area is 105 Å². The quantitative estimate of drug-likeness (QED) is 0.482. The van der Waals surface area contributed by atoms with Gasteiger partial charge in [0.15, 0.2) is 5.60 Å². The van der Waals surface area contributed by atoms with Crippen LogP contribution in [0.3, 0.4) is 0 Å². The first-order chi connectivity index (χ1) is 8.79. The van der Waals surface area contributed by atoms with E-state index >= 15 is 0 Å². The molecule has 94 valence electrons. The topological polar surface area (TPSA) is 38.8 Å². The molecule has 2 bridgehead atoms. The van der Waals surface area contributed by atoms with E-state index in [4.69, 9.17) is 9.57 Å². The lowest BCUT2D eigenvalue weighted by Crippen LogP contribution is -2.59. The van der Waals surface area contributed by atoms with Gasteiger partial charge in [0, 0.05) is 17.8 Å². The van der Waals surface area contributed by atoms with Crippen molar-refractivity contribution in [3.63, 3.8) is 0 Å². The highest BCUT2D eigenvalue weighted by atomic mass is 16.7. The molecule has 1 aliphatic carbocycles. The first kappa shape index (κ1) is 10.4. The molecular weight excluding hydrogens is 230 g/mol. The molecule has 0 saturated carbocycles. The van der Waals surface area contributed by atoms with Crippen LogP contribution in [-0.4, -0.2) is 28.8 Å². The summed E-state index contributed by atoms with van der Waals surface area (Å²) in [6.07, 6.45) is 13.5. The highest BCUT2D eigenvalue weighted by molar-refractivity contribution is 5.87. The number of hydroxylamine groups is 2. The molecule has 18 heavy (non-hydrogen) atoms. The second-order valence-electron chi connectivity index (χ2n) is 5.24. The second kappa shape index (κ2) is 3.48. The Kier molecular flexibility index (Phi) is 2.01. The molecule has 1 saturated heterocycles. The number of esters is 1. The van der Waals surface area contributed by atoms with Crippen LogP contribution in [0.25, 0.3) is 0 Å². The van der Waals surface area contributed by atoms with Crippen molar-refractivity contribution in [1.29, 1.82) is 0 Å². The molecule has 3 unspecified atom stereocenters. The van der Waals surface area contributed by atoms with Gasteiger partial charge in [0.2, 0.25) is 0 Å². The molecule has 4 nitrogen and oxygen atoms in total. The first-order valence-electron chi connectivity index (χ1n) is 6.53. The van der Waals surface area contributed by atoms with Crippen LogP contribution in [-0.2, 0) is 14.4 Å². The fraction of sp³-hybridized carbons (Fsp3) is 0.500. The van der Waals surface area contributed by atoms with Crippen LogP contribution in [0.5, 0.6) is 0 Å². The zero-order chi connectivity index (χ0) is 12.2. The molecule has 3 aliphatic heterocycles. The number of ether oxygens (including phenoxy) is 1. The van der Waals surface area contributed by atoms with Crippen molar-refractivity contribution in [2.24, 2.45) is 0 Å². The zero-order valence-corrected chi connectivity index (χ0v) is 10.0. The zero-order valence-electron chi connectivity index (χ0n) is 10.0. The van der Waals surface area contributed by atoms with E-state index in [1.807, 2.05) is 17.3 Å². The third kappa shape index (κ3) is 1.21. The van der Waals surface area contributed by atoms with Crippen molar-refractivity contribution in [2.45, 2.75) is 43.4 Å². The summed E-state index contributed by atoms with van der Waals surface area (Å²) < 4.78 is 5.75. The maximum atomic E-state index is 11.7. The van der Waals surface area contributed by atoms with Crippen LogP contribution < -0.4 is 0 Å². The molecule has 3 atom stereocenters. The van der Waals surface area contributed by atoms with E-state index in [1.54, 1.807) is 6.08 Å². The predicted octanol–water partition coefficient (Wildman–Crippen LogP) is 1.85. The summed E-state index contributed by atoms with van der Waals surface area (Å²) in [5, 5.41) is 1.89. The molecule has 3 heterocycles. The summed E-state index contributed by atoms with van der Waals surface area (Å²) in [5.74, 6) is -0.217. The van der Waals surface area contributed by atoms with E-state index in [9.17, 15) is 4.79 Å². The van der Waals surface area contributed by atoms with E-state index in [2.05, 4.69) is 12.2 Å². The molecule has 0 aromatic rings. The Morgan fingerprint density at radius 1 is 1.33 bits per heavy atom. The Hall–Kier alpha value is -1.55. The number of nitrogens with zero attached hydrogens (tertiary/aromatic N) is 1. The molecule has 0 aromatic carbocycles.